The van der Waals surface area contributed by atoms with Crippen LogP contribution < -0.4 is 10.1 Å². The van der Waals surface area contributed by atoms with Gasteiger partial charge in [-0.15, -0.1) is 10.2 Å². The number of rotatable bonds is 6. The minimum Gasteiger partial charge on any atom is -0.480 e. The van der Waals surface area contributed by atoms with Crippen LogP contribution in [0.4, 0.5) is 0 Å². The molecule has 2 aromatic rings. The van der Waals surface area contributed by atoms with Crippen LogP contribution in [0.1, 0.15) is 12.8 Å². The Kier molecular flexibility index (Phi) is 4.19. The van der Waals surface area contributed by atoms with Gasteiger partial charge >= 0.3 is 0 Å². The van der Waals surface area contributed by atoms with Gasteiger partial charge in [0.1, 0.15) is 5.69 Å². The highest BCUT2D eigenvalue weighted by Gasteiger charge is 2.10. The molecular formula is C11H15N5O2. The van der Waals surface area contributed by atoms with Crippen molar-refractivity contribution >= 4 is 0 Å². The summed E-state index contributed by atoms with van der Waals surface area (Å²) >= 11 is 0. The molecule has 0 spiro atoms. The predicted molar refractivity (Wildman–Crippen MR) is 64.1 cm³/mol. The van der Waals surface area contributed by atoms with Crippen molar-refractivity contribution in [2.24, 2.45) is 0 Å². The number of nitrogens with zero attached hydrogens (tertiary/aromatic N) is 4. The van der Waals surface area contributed by atoms with Gasteiger partial charge in [0.15, 0.2) is 0 Å². The van der Waals surface area contributed by atoms with E-state index in [2.05, 4.69) is 25.7 Å². The van der Waals surface area contributed by atoms with Gasteiger partial charge in [-0.3, -0.25) is 0 Å². The monoisotopic (exact) mass is 249 g/mol. The number of nitrogens with one attached hydrogen (secondary N) is 1. The van der Waals surface area contributed by atoms with Crippen LogP contribution in [0.15, 0.2) is 16.7 Å². The first-order chi connectivity index (χ1) is 8.83. The molecule has 0 amide bonds. The van der Waals surface area contributed by atoms with Crippen molar-refractivity contribution in [3.8, 4) is 17.4 Å². The number of hydrogen-bond acceptors (Lipinski definition) is 7. The number of methoxy groups -OCH3 is 1. The maximum atomic E-state index is 5.12. The average molecular weight is 249 g/mol. The molecule has 0 unspecified atom stereocenters. The highest BCUT2D eigenvalue weighted by molar-refractivity contribution is 5.47. The van der Waals surface area contributed by atoms with Crippen LogP contribution in [-0.2, 0) is 6.42 Å². The van der Waals surface area contributed by atoms with Gasteiger partial charge in [0, 0.05) is 19.0 Å². The molecule has 2 rings (SSSR count). The molecule has 0 fully saturated rings. The van der Waals surface area contributed by atoms with Crippen LogP contribution in [0.5, 0.6) is 5.88 Å². The maximum Gasteiger partial charge on any atom is 0.233 e. The first-order valence-electron chi connectivity index (χ1n) is 5.75. The molecule has 7 nitrogen and oxygen atoms in total. The van der Waals surface area contributed by atoms with E-state index in [4.69, 9.17) is 9.26 Å². The Bertz CT molecular complexity index is 482. The Morgan fingerprint density at radius 2 is 2.22 bits per heavy atom. The molecule has 0 aliphatic rings. The van der Waals surface area contributed by atoms with Crippen molar-refractivity contribution < 1.29 is 9.26 Å². The summed E-state index contributed by atoms with van der Waals surface area (Å²) in [5.41, 5.74) is 0.564. The van der Waals surface area contributed by atoms with Crippen LogP contribution in [0.25, 0.3) is 11.5 Å². The van der Waals surface area contributed by atoms with Crippen LogP contribution >= 0.6 is 0 Å². The second-order valence-electron chi connectivity index (χ2n) is 3.58. The largest absolute Gasteiger partial charge is 0.480 e. The predicted octanol–water partition coefficient (Wildman–Crippen LogP) is 0.687. The van der Waals surface area contributed by atoms with E-state index in [-0.39, 0.29) is 0 Å². The van der Waals surface area contributed by atoms with E-state index in [0.29, 0.717) is 29.7 Å². The molecule has 2 aromatic heterocycles. The topological polar surface area (TPSA) is 86.0 Å². The smallest absolute Gasteiger partial charge is 0.233 e. The van der Waals surface area contributed by atoms with Crippen LogP contribution in [0, 0.1) is 0 Å². The summed E-state index contributed by atoms with van der Waals surface area (Å²) in [4.78, 5) is 4.25. The highest BCUT2D eigenvalue weighted by Crippen LogP contribution is 2.14. The first kappa shape index (κ1) is 12.4. The maximum absolute atomic E-state index is 5.12. The standard InChI is InChI=1S/C11H15N5O2/c1-3-12-7-6-9-13-11(16-18-9)8-4-5-10(17-2)15-14-8/h4-5,12H,3,6-7H2,1-2H3. The Morgan fingerprint density at radius 3 is 2.89 bits per heavy atom. The van der Waals surface area contributed by atoms with Gasteiger partial charge in [0.25, 0.3) is 0 Å². The molecule has 0 saturated carbocycles. The fraction of sp³-hybridized carbons (Fsp3) is 0.455. The summed E-state index contributed by atoms with van der Waals surface area (Å²) in [5.74, 6) is 1.48. The van der Waals surface area contributed by atoms with Gasteiger partial charge in [-0.05, 0) is 12.6 Å². The van der Waals surface area contributed by atoms with E-state index in [9.17, 15) is 0 Å². The third kappa shape index (κ3) is 3.01. The molecule has 0 saturated heterocycles. The fourth-order valence-electron chi connectivity index (χ4n) is 1.38. The third-order valence-electron chi connectivity index (χ3n) is 2.31. The molecule has 0 aliphatic heterocycles. The van der Waals surface area contributed by atoms with E-state index >= 15 is 0 Å². The van der Waals surface area contributed by atoms with Crippen molar-refractivity contribution in [2.45, 2.75) is 13.3 Å². The molecule has 1 N–H and O–H groups in total. The van der Waals surface area contributed by atoms with Gasteiger partial charge in [-0.1, -0.05) is 12.1 Å². The Balaban J connectivity index is 2.04. The SMILES string of the molecule is CCNCCc1nc(-c2ccc(OC)nn2)no1. The third-order valence-corrected chi connectivity index (χ3v) is 2.31. The summed E-state index contributed by atoms with van der Waals surface area (Å²) < 4.78 is 10.1. The van der Waals surface area contributed by atoms with Gasteiger partial charge < -0.3 is 14.6 Å². The van der Waals surface area contributed by atoms with Crippen LogP contribution in [0.2, 0.25) is 0 Å². The fourth-order valence-corrected chi connectivity index (χ4v) is 1.38. The van der Waals surface area contributed by atoms with Crippen molar-refractivity contribution in [3.63, 3.8) is 0 Å². The lowest BCUT2D eigenvalue weighted by Gasteiger charge is -1.96. The zero-order valence-electron chi connectivity index (χ0n) is 10.4. The van der Waals surface area contributed by atoms with E-state index in [1.165, 1.54) is 7.11 Å². The molecule has 96 valence electrons. The van der Waals surface area contributed by atoms with Gasteiger partial charge in [-0.2, -0.15) is 4.98 Å². The number of ether oxygens (including phenoxy) is 1. The Morgan fingerprint density at radius 1 is 1.33 bits per heavy atom. The number of likely N-dealkylation sites (N-methyl/N-ethyl adjacent to an activating group) is 1. The lowest BCUT2D eigenvalue weighted by atomic mass is 10.3. The van der Waals surface area contributed by atoms with Crippen molar-refractivity contribution in [1.29, 1.82) is 0 Å². The van der Waals surface area contributed by atoms with Crippen molar-refractivity contribution in [3.05, 3.63) is 18.0 Å². The molecule has 7 heteroatoms. The minimum atomic E-state index is 0.441. The highest BCUT2D eigenvalue weighted by atomic mass is 16.5. The number of hydrogen-bond donors (Lipinski definition) is 1. The average Bonchev–Trinajstić information content (AvgIpc) is 2.88. The van der Waals surface area contributed by atoms with Crippen LogP contribution in [-0.4, -0.2) is 40.5 Å². The van der Waals surface area contributed by atoms with Crippen molar-refractivity contribution in [1.82, 2.24) is 25.7 Å². The summed E-state index contributed by atoms with van der Waals surface area (Å²) in [6, 6.07) is 3.45. The van der Waals surface area contributed by atoms with Gasteiger partial charge in [0.2, 0.25) is 17.6 Å². The second-order valence-corrected chi connectivity index (χ2v) is 3.58. The summed E-state index contributed by atoms with van der Waals surface area (Å²) in [6.45, 7) is 3.78. The van der Waals surface area contributed by atoms with Crippen molar-refractivity contribution in [2.75, 3.05) is 20.2 Å². The first-order valence-corrected chi connectivity index (χ1v) is 5.75. The molecule has 0 atom stereocenters. The normalized spacial score (nSPS) is 10.6. The molecule has 0 aliphatic carbocycles. The Labute approximate surface area is 105 Å². The number of aromatic nitrogens is 4. The second kappa shape index (κ2) is 6.06. The molecule has 18 heavy (non-hydrogen) atoms. The molecule has 0 bridgehead atoms. The van der Waals surface area contributed by atoms with Gasteiger partial charge in [-0.25, -0.2) is 0 Å². The molecule has 0 radical (unpaired) electrons. The summed E-state index contributed by atoms with van der Waals surface area (Å²) in [5, 5.41) is 14.9. The zero-order valence-corrected chi connectivity index (χ0v) is 10.4. The molecular weight excluding hydrogens is 234 g/mol. The zero-order chi connectivity index (χ0) is 12.8. The van der Waals surface area contributed by atoms with Gasteiger partial charge in [0.05, 0.1) is 7.11 Å². The summed E-state index contributed by atoms with van der Waals surface area (Å²) in [6.07, 6.45) is 0.699. The molecule has 2 heterocycles. The lowest BCUT2D eigenvalue weighted by Crippen LogP contribution is -2.16. The minimum absolute atomic E-state index is 0.441. The van der Waals surface area contributed by atoms with E-state index in [0.717, 1.165) is 13.1 Å². The summed E-state index contributed by atoms with van der Waals surface area (Å²) in [7, 11) is 1.54. The van der Waals surface area contributed by atoms with Crippen LogP contribution in [0.3, 0.4) is 0 Å². The lowest BCUT2D eigenvalue weighted by molar-refractivity contribution is 0.376. The van der Waals surface area contributed by atoms with E-state index in [1.807, 2.05) is 6.92 Å². The van der Waals surface area contributed by atoms with E-state index < -0.39 is 0 Å². The molecule has 0 aromatic carbocycles. The Hall–Kier alpha value is -2.02. The van der Waals surface area contributed by atoms with E-state index in [1.54, 1.807) is 12.1 Å². The quantitative estimate of drug-likeness (QED) is 0.753.